The maximum Gasteiger partial charge on any atom is 0.0938 e. The molecule has 0 amide bonds. The maximum atomic E-state index is 6.20. The van der Waals surface area contributed by atoms with Gasteiger partial charge in [-0.1, -0.05) is 140 Å². The van der Waals surface area contributed by atoms with Gasteiger partial charge in [0.05, 0.1) is 6.17 Å². The molecule has 2 unspecified atom stereocenters. The van der Waals surface area contributed by atoms with Crippen LogP contribution in [0.25, 0.3) is 43.1 Å². The summed E-state index contributed by atoms with van der Waals surface area (Å²) in [5.41, 5.74) is 22.2. The van der Waals surface area contributed by atoms with Gasteiger partial charge in [0.1, 0.15) is 0 Å². The van der Waals surface area contributed by atoms with E-state index < -0.39 is 0 Å². The van der Waals surface area contributed by atoms with E-state index in [9.17, 15) is 0 Å². The van der Waals surface area contributed by atoms with E-state index in [1.165, 1.54) is 53.3 Å². The minimum absolute atomic E-state index is 0.151. The molecule has 0 bridgehead atoms. The van der Waals surface area contributed by atoms with Gasteiger partial charge in [0, 0.05) is 43.8 Å². The Morgan fingerprint density at radius 3 is 2.05 bits per heavy atom. The molecule has 0 spiro atoms. The Kier molecular flexibility index (Phi) is 14.0. The van der Waals surface area contributed by atoms with Crippen LogP contribution in [0, 0.1) is 13.8 Å². The SMILES string of the molecule is C=CC.C=Cc1ccccc1/C=C\N(c1cccc(C)c1)c1ccc2ccccc2c1C.CC(NNC(N)c1ccccc1)c1ccc2sc3ccccc3c2c1. The third-order valence-electron chi connectivity index (χ3n) is 9.84. The Balaban J connectivity index is 0.000000182. The number of benzene rings is 7. The van der Waals surface area contributed by atoms with Crippen LogP contribution in [0.4, 0.5) is 11.4 Å². The number of hydrogen-bond donors (Lipinski definition) is 3. The number of fused-ring (bicyclic) bond motifs is 4. The molecule has 5 heteroatoms. The van der Waals surface area contributed by atoms with Gasteiger partial charge in [-0.3, -0.25) is 0 Å². The molecular weight excluding hydrogens is 713 g/mol. The molecule has 4 nitrogen and oxygen atoms in total. The lowest BCUT2D eigenvalue weighted by molar-refractivity contribution is 0.401. The summed E-state index contributed by atoms with van der Waals surface area (Å²) >= 11 is 1.84. The minimum atomic E-state index is -0.241. The van der Waals surface area contributed by atoms with Crippen molar-refractivity contribution in [3.8, 4) is 0 Å². The number of thiophene rings is 1. The van der Waals surface area contributed by atoms with Crippen LogP contribution in [0.1, 0.15) is 59.4 Å². The summed E-state index contributed by atoms with van der Waals surface area (Å²) < 4.78 is 2.66. The van der Waals surface area contributed by atoms with Crippen molar-refractivity contribution in [2.75, 3.05) is 4.90 Å². The van der Waals surface area contributed by atoms with Crippen molar-refractivity contribution in [2.45, 2.75) is 39.9 Å². The van der Waals surface area contributed by atoms with Crippen LogP contribution in [-0.2, 0) is 0 Å². The number of rotatable bonds is 10. The summed E-state index contributed by atoms with van der Waals surface area (Å²) in [5, 5.41) is 5.19. The summed E-state index contributed by atoms with van der Waals surface area (Å²) in [6.07, 6.45) is 7.73. The number of nitrogens with zero attached hydrogens (tertiary/aromatic N) is 1. The highest BCUT2D eigenvalue weighted by atomic mass is 32.1. The zero-order valence-electron chi connectivity index (χ0n) is 33.3. The standard InChI is InChI=1S/C28H25N.C21H21N3S.C3H6/c1-4-23-11-5-6-12-24(23)18-19-29(26-14-9-10-21(2)20-26)28-17-16-25-13-7-8-15-27(25)22(28)3;1-14(23-24-21(22)15-7-3-2-4-8-15)16-11-12-20-18(13-16)17-9-5-6-10-19(17)25-20;1-3-2/h4-20H,1H2,2-3H3;2-14,21,23-24H,22H2,1H3;3H,1H2,2H3/b19-18-;;. The molecule has 2 atom stereocenters. The van der Waals surface area contributed by atoms with Gasteiger partial charge in [-0.05, 0) is 114 Å². The van der Waals surface area contributed by atoms with E-state index in [-0.39, 0.29) is 12.2 Å². The van der Waals surface area contributed by atoms with Crippen LogP contribution >= 0.6 is 11.3 Å². The fourth-order valence-corrected chi connectivity index (χ4v) is 7.90. The van der Waals surface area contributed by atoms with Gasteiger partial charge >= 0.3 is 0 Å². The van der Waals surface area contributed by atoms with Gasteiger partial charge in [0.2, 0.25) is 0 Å². The van der Waals surface area contributed by atoms with Gasteiger partial charge in [-0.15, -0.1) is 17.9 Å². The highest BCUT2D eigenvalue weighted by Gasteiger charge is 2.13. The van der Waals surface area contributed by atoms with Crippen molar-refractivity contribution in [3.63, 3.8) is 0 Å². The fraction of sp³-hybridized carbons (Fsp3) is 0.115. The Hall–Kier alpha value is -6.08. The number of nitrogens with two attached hydrogens (primary N) is 1. The van der Waals surface area contributed by atoms with Crippen molar-refractivity contribution >= 4 is 65.8 Å². The molecule has 4 N–H and O–H groups in total. The Labute approximate surface area is 342 Å². The zero-order valence-corrected chi connectivity index (χ0v) is 34.1. The summed E-state index contributed by atoms with van der Waals surface area (Å²) in [6.45, 7) is 15.7. The van der Waals surface area contributed by atoms with Crippen molar-refractivity contribution in [1.82, 2.24) is 10.9 Å². The predicted octanol–water partition coefficient (Wildman–Crippen LogP) is 14.0. The molecule has 57 heavy (non-hydrogen) atoms. The number of allylic oxidation sites excluding steroid dienone is 1. The quantitative estimate of drug-likeness (QED) is 0.0737. The lowest BCUT2D eigenvalue weighted by Crippen LogP contribution is -2.41. The first kappa shape index (κ1) is 40.6. The zero-order chi connectivity index (χ0) is 40.1. The second-order valence-corrected chi connectivity index (χ2v) is 15.0. The second kappa shape index (κ2) is 19.7. The van der Waals surface area contributed by atoms with Crippen LogP contribution in [0.5, 0.6) is 0 Å². The van der Waals surface area contributed by atoms with Gasteiger partial charge in [-0.2, -0.15) is 0 Å². The van der Waals surface area contributed by atoms with E-state index in [1.54, 1.807) is 6.08 Å². The van der Waals surface area contributed by atoms with Crippen molar-refractivity contribution in [2.24, 2.45) is 5.73 Å². The molecule has 0 fully saturated rings. The third-order valence-corrected chi connectivity index (χ3v) is 11.0. The van der Waals surface area contributed by atoms with Crippen molar-refractivity contribution < 1.29 is 0 Å². The second-order valence-electron chi connectivity index (χ2n) is 13.9. The smallest absolute Gasteiger partial charge is 0.0938 e. The molecule has 0 saturated carbocycles. The molecule has 0 aliphatic heterocycles. The van der Waals surface area contributed by atoms with Gasteiger partial charge in [0.15, 0.2) is 0 Å². The molecule has 7 aromatic carbocycles. The normalized spacial score (nSPS) is 12.0. The van der Waals surface area contributed by atoms with E-state index >= 15 is 0 Å². The largest absolute Gasteiger partial charge is 0.317 e. The molecule has 0 saturated heterocycles. The van der Waals surface area contributed by atoms with Crippen molar-refractivity contribution in [1.29, 1.82) is 0 Å². The number of anilines is 2. The van der Waals surface area contributed by atoms with Gasteiger partial charge < -0.3 is 10.6 Å². The van der Waals surface area contributed by atoms with Crippen LogP contribution < -0.4 is 21.5 Å². The first-order chi connectivity index (χ1) is 27.8. The third kappa shape index (κ3) is 10.0. The molecule has 0 aliphatic carbocycles. The molecule has 286 valence electrons. The summed E-state index contributed by atoms with van der Waals surface area (Å²) in [7, 11) is 0. The maximum absolute atomic E-state index is 6.20. The topological polar surface area (TPSA) is 53.3 Å². The minimum Gasteiger partial charge on any atom is -0.317 e. The van der Waals surface area contributed by atoms with Gasteiger partial charge in [0.25, 0.3) is 0 Å². The highest BCUT2D eigenvalue weighted by molar-refractivity contribution is 7.25. The van der Waals surface area contributed by atoms with E-state index in [0.29, 0.717) is 0 Å². The average molecular weight is 765 g/mol. The summed E-state index contributed by atoms with van der Waals surface area (Å²) in [5.74, 6) is 0. The van der Waals surface area contributed by atoms with Crippen LogP contribution in [0.15, 0.2) is 183 Å². The molecular formula is C52H52N4S. The first-order valence-corrected chi connectivity index (χ1v) is 20.2. The van der Waals surface area contributed by atoms with E-state index in [2.05, 4.69) is 183 Å². The molecule has 0 radical (unpaired) electrons. The molecule has 8 aromatic rings. The predicted molar refractivity (Wildman–Crippen MR) is 251 cm³/mol. The average Bonchev–Trinajstić information content (AvgIpc) is 3.62. The lowest BCUT2D eigenvalue weighted by atomic mass is 10.0. The fourth-order valence-electron chi connectivity index (χ4n) is 6.82. The lowest BCUT2D eigenvalue weighted by Gasteiger charge is -2.24. The van der Waals surface area contributed by atoms with E-state index in [0.717, 1.165) is 22.4 Å². The van der Waals surface area contributed by atoms with Crippen LogP contribution in [0.3, 0.4) is 0 Å². The van der Waals surface area contributed by atoms with E-state index in [1.807, 2.05) is 60.7 Å². The van der Waals surface area contributed by atoms with Crippen LogP contribution in [-0.4, -0.2) is 0 Å². The number of nitrogens with one attached hydrogen (secondary N) is 2. The molecule has 8 rings (SSSR count). The highest BCUT2D eigenvalue weighted by Crippen LogP contribution is 2.36. The summed E-state index contributed by atoms with van der Waals surface area (Å²) in [4.78, 5) is 2.27. The van der Waals surface area contributed by atoms with Gasteiger partial charge in [-0.25, -0.2) is 10.9 Å². The Morgan fingerprint density at radius 2 is 1.30 bits per heavy atom. The van der Waals surface area contributed by atoms with Crippen LogP contribution in [0.2, 0.25) is 0 Å². The molecule has 1 aromatic heterocycles. The summed E-state index contributed by atoms with van der Waals surface area (Å²) in [6, 6.07) is 55.3. The monoisotopic (exact) mass is 764 g/mol. The number of hydrogen-bond acceptors (Lipinski definition) is 5. The first-order valence-electron chi connectivity index (χ1n) is 19.3. The number of aryl methyl sites for hydroxylation is 2. The number of hydrazine groups is 1. The molecule has 1 heterocycles. The van der Waals surface area contributed by atoms with Crippen molar-refractivity contribution in [3.05, 3.63) is 217 Å². The van der Waals surface area contributed by atoms with E-state index in [4.69, 9.17) is 5.73 Å². The molecule has 0 aliphatic rings. The Morgan fingerprint density at radius 1 is 0.632 bits per heavy atom. The Bertz CT molecular complexity index is 2600.